The van der Waals surface area contributed by atoms with Gasteiger partial charge in [0.25, 0.3) is 0 Å². The molecule has 7 nitrogen and oxygen atoms in total. The second-order valence-electron chi connectivity index (χ2n) is 8.04. The molecule has 0 aromatic carbocycles. The zero-order chi connectivity index (χ0) is 20.1. The van der Waals surface area contributed by atoms with Crippen LogP contribution in [0.25, 0.3) is 0 Å². The summed E-state index contributed by atoms with van der Waals surface area (Å²) in [7, 11) is 0. The van der Waals surface area contributed by atoms with E-state index in [1.54, 1.807) is 4.90 Å². The summed E-state index contributed by atoms with van der Waals surface area (Å²) in [6.45, 7) is 4.87. The van der Waals surface area contributed by atoms with Crippen LogP contribution >= 0.6 is 0 Å². The van der Waals surface area contributed by atoms with Gasteiger partial charge in [-0.15, -0.1) is 0 Å². The van der Waals surface area contributed by atoms with Crippen molar-refractivity contribution >= 4 is 11.9 Å². The monoisotopic (exact) mass is 405 g/mol. The van der Waals surface area contributed by atoms with Crippen molar-refractivity contribution in [2.24, 2.45) is 5.92 Å². The summed E-state index contributed by atoms with van der Waals surface area (Å²) >= 11 is 0. The lowest BCUT2D eigenvalue weighted by Gasteiger charge is -2.35. The van der Waals surface area contributed by atoms with Crippen molar-refractivity contribution in [3.8, 4) is 0 Å². The number of hydrogen-bond donors (Lipinski definition) is 1. The van der Waals surface area contributed by atoms with Crippen molar-refractivity contribution in [3.63, 3.8) is 0 Å². The minimum Gasteiger partial charge on any atom is -0.342 e. The summed E-state index contributed by atoms with van der Waals surface area (Å²) in [4.78, 5) is 31.6. The molecule has 10 heteroatoms. The number of alkyl halides is 3. The number of nitrogens with zero attached hydrogens (tertiary/aromatic N) is 4. The maximum atomic E-state index is 12.4. The molecule has 3 rings (SSSR count). The lowest BCUT2D eigenvalue weighted by molar-refractivity contribution is -0.143. The van der Waals surface area contributed by atoms with Crippen molar-refractivity contribution in [2.45, 2.75) is 25.4 Å². The van der Waals surface area contributed by atoms with E-state index in [0.29, 0.717) is 58.8 Å². The number of likely N-dealkylation sites (tertiary alicyclic amines) is 2. The number of piperazine rings is 1. The molecule has 1 atom stereocenters. The lowest BCUT2D eigenvalue weighted by Crippen LogP contribution is -2.54. The number of carbonyl (C=O) groups excluding carboxylic acids is 2. The van der Waals surface area contributed by atoms with E-state index in [9.17, 15) is 22.8 Å². The van der Waals surface area contributed by atoms with Gasteiger partial charge in [0.05, 0.1) is 13.1 Å². The van der Waals surface area contributed by atoms with Crippen LogP contribution in [0.1, 0.15) is 19.3 Å². The summed E-state index contributed by atoms with van der Waals surface area (Å²) in [5.41, 5.74) is 0. The Bertz CT molecular complexity index is 546. The Hall–Kier alpha value is -1.55. The highest BCUT2D eigenvalue weighted by Gasteiger charge is 2.34. The molecule has 160 valence electrons. The molecule has 3 heterocycles. The molecule has 0 bridgehead atoms. The third kappa shape index (κ3) is 6.23. The molecule has 3 aliphatic rings. The zero-order valence-electron chi connectivity index (χ0n) is 16.2. The molecule has 3 fully saturated rings. The Morgan fingerprint density at radius 2 is 1.57 bits per heavy atom. The third-order valence-electron chi connectivity index (χ3n) is 5.79. The van der Waals surface area contributed by atoms with E-state index in [-0.39, 0.29) is 17.9 Å². The fraction of sp³-hybridized carbons (Fsp3) is 0.889. The molecule has 3 amide bonds. The summed E-state index contributed by atoms with van der Waals surface area (Å²) in [6.07, 6.45) is -1.35. The van der Waals surface area contributed by atoms with Gasteiger partial charge in [0.2, 0.25) is 5.91 Å². The quantitative estimate of drug-likeness (QED) is 0.736. The van der Waals surface area contributed by atoms with E-state index in [0.717, 1.165) is 25.9 Å². The maximum Gasteiger partial charge on any atom is 0.401 e. The van der Waals surface area contributed by atoms with E-state index in [2.05, 4.69) is 10.2 Å². The molecule has 1 unspecified atom stereocenters. The lowest BCUT2D eigenvalue weighted by atomic mass is 10.1. The SMILES string of the molecule is O=C(CN1CCN(C(=O)NCC2CCN(CC(F)(F)F)C2)CC1)N1CCCC1. The zero-order valence-corrected chi connectivity index (χ0v) is 16.2. The van der Waals surface area contributed by atoms with Crippen LogP contribution in [0.5, 0.6) is 0 Å². The number of hydrogen-bond acceptors (Lipinski definition) is 4. The first-order valence-corrected chi connectivity index (χ1v) is 10.1. The van der Waals surface area contributed by atoms with Gasteiger partial charge in [0, 0.05) is 52.4 Å². The third-order valence-corrected chi connectivity index (χ3v) is 5.79. The fourth-order valence-electron chi connectivity index (χ4n) is 4.19. The van der Waals surface area contributed by atoms with Gasteiger partial charge in [0.1, 0.15) is 0 Å². The largest absolute Gasteiger partial charge is 0.401 e. The van der Waals surface area contributed by atoms with Gasteiger partial charge < -0.3 is 15.1 Å². The first-order chi connectivity index (χ1) is 13.3. The Kier molecular flexibility index (Phi) is 7.03. The van der Waals surface area contributed by atoms with Crippen molar-refractivity contribution in [3.05, 3.63) is 0 Å². The van der Waals surface area contributed by atoms with Gasteiger partial charge in [-0.2, -0.15) is 13.2 Å². The molecule has 0 aromatic heterocycles. The molecule has 0 aliphatic carbocycles. The average molecular weight is 405 g/mol. The van der Waals surface area contributed by atoms with Gasteiger partial charge in [0.15, 0.2) is 0 Å². The van der Waals surface area contributed by atoms with Crippen LogP contribution < -0.4 is 5.32 Å². The first-order valence-electron chi connectivity index (χ1n) is 10.1. The van der Waals surface area contributed by atoms with Crippen LogP contribution in [0.3, 0.4) is 0 Å². The minimum absolute atomic E-state index is 0.0608. The molecule has 0 saturated carbocycles. The summed E-state index contributed by atoms with van der Waals surface area (Å²) < 4.78 is 37.3. The normalized spacial score (nSPS) is 24.8. The molecule has 1 N–H and O–H groups in total. The molecule has 28 heavy (non-hydrogen) atoms. The molecule has 0 aromatic rings. The Labute approximate surface area is 163 Å². The highest BCUT2D eigenvalue weighted by molar-refractivity contribution is 5.78. The average Bonchev–Trinajstić information content (AvgIpc) is 3.31. The smallest absolute Gasteiger partial charge is 0.342 e. The van der Waals surface area contributed by atoms with E-state index in [4.69, 9.17) is 0 Å². The topological polar surface area (TPSA) is 59.1 Å². The second kappa shape index (κ2) is 9.30. The van der Waals surface area contributed by atoms with Crippen LogP contribution in [0.4, 0.5) is 18.0 Å². The molecular formula is C18H30F3N5O2. The van der Waals surface area contributed by atoms with Gasteiger partial charge in [-0.3, -0.25) is 14.6 Å². The van der Waals surface area contributed by atoms with E-state index < -0.39 is 12.7 Å². The number of carbonyl (C=O) groups is 2. The van der Waals surface area contributed by atoms with Gasteiger partial charge in [-0.25, -0.2) is 4.79 Å². The number of nitrogens with one attached hydrogen (secondary N) is 1. The highest BCUT2D eigenvalue weighted by Crippen LogP contribution is 2.22. The molecule has 0 radical (unpaired) electrons. The van der Waals surface area contributed by atoms with Crippen LogP contribution in [0.15, 0.2) is 0 Å². The number of halogens is 3. The number of amides is 3. The number of rotatable bonds is 5. The molecule has 3 aliphatic heterocycles. The fourth-order valence-corrected chi connectivity index (χ4v) is 4.19. The predicted molar refractivity (Wildman–Crippen MR) is 97.8 cm³/mol. The van der Waals surface area contributed by atoms with Gasteiger partial charge >= 0.3 is 12.2 Å². The van der Waals surface area contributed by atoms with E-state index in [1.165, 1.54) is 4.90 Å². The van der Waals surface area contributed by atoms with Crippen LogP contribution in [-0.2, 0) is 4.79 Å². The summed E-state index contributed by atoms with van der Waals surface area (Å²) in [5.74, 6) is 0.228. The van der Waals surface area contributed by atoms with Crippen LogP contribution in [-0.4, -0.2) is 110 Å². The van der Waals surface area contributed by atoms with Gasteiger partial charge in [-0.05, 0) is 31.7 Å². The highest BCUT2D eigenvalue weighted by atomic mass is 19.4. The predicted octanol–water partition coefficient (Wildman–Crippen LogP) is 0.820. The molecular weight excluding hydrogens is 375 g/mol. The number of urea groups is 1. The van der Waals surface area contributed by atoms with Crippen molar-refractivity contribution in [2.75, 3.05) is 72.0 Å². The van der Waals surface area contributed by atoms with E-state index >= 15 is 0 Å². The standard InChI is InChI=1S/C18H30F3N5O2/c19-18(20,21)14-24-6-3-15(12-24)11-22-17(28)26-9-7-23(8-10-26)13-16(27)25-4-1-2-5-25/h15H,1-14H2,(H,22,28). The minimum atomic E-state index is -4.17. The Morgan fingerprint density at radius 1 is 0.893 bits per heavy atom. The van der Waals surface area contributed by atoms with Crippen molar-refractivity contribution in [1.29, 1.82) is 0 Å². The maximum absolute atomic E-state index is 12.4. The first kappa shape index (κ1) is 21.2. The second-order valence-corrected chi connectivity index (χ2v) is 8.04. The van der Waals surface area contributed by atoms with Gasteiger partial charge in [-0.1, -0.05) is 0 Å². The molecule has 0 spiro atoms. The summed E-state index contributed by atoms with van der Waals surface area (Å²) in [6, 6.07) is -0.167. The van der Waals surface area contributed by atoms with Crippen molar-refractivity contribution in [1.82, 2.24) is 24.9 Å². The summed E-state index contributed by atoms with van der Waals surface area (Å²) in [5, 5.41) is 2.86. The van der Waals surface area contributed by atoms with E-state index in [1.807, 2.05) is 4.90 Å². The Balaban J connectivity index is 1.31. The van der Waals surface area contributed by atoms with Crippen molar-refractivity contribution < 1.29 is 22.8 Å². The Morgan fingerprint density at radius 3 is 2.21 bits per heavy atom. The van der Waals surface area contributed by atoms with Crippen LogP contribution in [0, 0.1) is 5.92 Å². The van der Waals surface area contributed by atoms with Crippen LogP contribution in [0.2, 0.25) is 0 Å². The molecule has 3 saturated heterocycles.